The quantitative estimate of drug-likeness (QED) is 0.835. The summed E-state index contributed by atoms with van der Waals surface area (Å²) in [6.45, 7) is 2.79. The fourth-order valence-electron chi connectivity index (χ4n) is 3.31. The molecule has 0 saturated heterocycles. The molecule has 2 aromatic carbocycles. The van der Waals surface area contributed by atoms with E-state index in [9.17, 15) is 5.11 Å². The van der Waals surface area contributed by atoms with E-state index in [-0.39, 0.29) is 12.1 Å². The van der Waals surface area contributed by atoms with Crippen molar-refractivity contribution in [3.05, 3.63) is 65.7 Å². The Hall–Kier alpha value is -1.84. The standard InChI is InChI=1S/C21H27NO2/c1-16(22-19-10-12-20(23)13-11-19)18-8-5-9-21(14-18)24-15-17-6-3-2-4-7-17/h2-9,14,16,19-20,22-23H,10-13,15H2,1H3. The normalized spacial score (nSPS) is 22.1. The first-order valence-corrected chi connectivity index (χ1v) is 8.91. The lowest BCUT2D eigenvalue weighted by atomic mass is 9.92. The molecule has 3 rings (SSSR count). The van der Waals surface area contributed by atoms with Crippen LogP contribution in [0.3, 0.4) is 0 Å². The van der Waals surface area contributed by atoms with Gasteiger partial charge in [-0.05, 0) is 55.9 Å². The van der Waals surface area contributed by atoms with Gasteiger partial charge in [-0.25, -0.2) is 0 Å². The van der Waals surface area contributed by atoms with Gasteiger partial charge in [0.05, 0.1) is 6.10 Å². The number of nitrogens with one attached hydrogen (secondary N) is 1. The van der Waals surface area contributed by atoms with E-state index in [0.717, 1.165) is 31.4 Å². The lowest BCUT2D eigenvalue weighted by Crippen LogP contribution is -2.36. The van der Waals surface area contributed by atoms with Crippen molar-refractivity contribution in [3.63, 3.8) is 0 Å². The summed E-state index contributed by atoms with van der Waals surface area (Å²) in [7, 11) is 0. The highest BCUT2D eigenvalue weighted by molar-refractivity contribution is 5.30. The largest absolute Gasteiger partial charge is 0.489 e. The zero-order valence-corrected chi connectivity index (χ0v) is 14.3. The Kier molecular flexibility index (Phi) is 5.89. The maximum absolute atomic E-state index is 9.62. The molecular weight excluding hydrogens is 298 g/mol. The molecule has 0 bridgehead atoms. The van der Waals surface area contributed by atoms with Gasteiger partial charge in [-0.2, -0.15) is 0 Å². The van der Waals surface area contributed by atoms with Crippen molar-refractivity contribution in [1.29, 1.82) is 0 Å². The Morgan fingerprint density at radius 2 is 1.79 bits per heavy atom. The maximum atomic E-state index is 9.62. The molecule has 2 aromatic rings. The Labute approximate surface area is 144 Å². The minimum Gasteiger partial charge on any atom is -0.489 e. The second kappa shape index (κ2) is 8.32. The van der Waals surface area contributed by atoms with Crippen LogP contribution in [0.4, 0.5) is 0 Å². The van der Waals surface area contributed by atoms with E-state index in [1.165, 1.54) is 11.1 Å². The number of benzene rings is 2. The van der Waals surface area contributed by atoms with Crippen molar-refractivity contribution in [2.24, 2.45) is 0 Å². The number of hydrogen-bond donors (Lipinski definition) is 2. The van der Waals surface area contributed by atoms with Crippen LogP contribution >= 0.6 is 0 Å². The molecular formula is C21H27NO2. The van der Waals surface area contributed by atoms with Gasteiger partial charge >= 0.3 is 0 Å². The summed E-state index contributed by atoms with van der Waals surface area (Å²) in [4.78, 5) is 0. The Bertz CT molecular complexity index is 621. The van der Waals surface area contributed by atoms with Gasteiger partial charge < -0.3 is 15.2 Å². The van der Waals surface area contributed by atoms with Gasteiger partial charge in [0.1, 0.15) is 12.4 Å². The van der Waals surface area contributed by atoms with Crippen LogP contribution in [0.2, 0.25) is 0 Å². The average molecular weight is 325 g/mol. The van der Waals surface area contributed by atoms with E-state index in [4.69, 9.17) is 4.74 Å². The molecule has 1 aliphatic rings. The lowest BCUT2D eigenvalue weighted by molar-refractivity contribution is 0.114. The van der Waals surface area contributed by atoms with Gasteiger partial charge in [0, 0.05) is 12.1 Å². The van der Waals surface area contributed by atoms with Crippen LogP contribution in [0, 0.1) is 0 Å². The number of aliphatic hydroxyl groups excluding tert-OH is 1. The van der Waals surface area contributed by atoms with Crippen LogP contribution in [-0.4, -0.2) is 17.3 Å². The third-order valence-electron chi connectivity index (χ3n) is 4.79. The molecule has 0 aromatic heterocycles. The summed E-state index contributed by atoms with van der Waals surface area (Å²) in [5, 5.41) is 13.3. The molecule has 0 heterocycles. The van der Waals surface area contributed by atoms with E-state index >= 15 is 0 Å². The molecule has 3 heteroatoms. The first kappa shape index (κ1) is 17.0. The van der Waals surface area contributed by atoms with Gasteiger partial charge in [-0.1, -0.05) is 42.5 Å². The van der Waals surface area contributed by atoms with Gasteiger partial charge in [0.15, 0.2) is 0 Å². The van der Waals surface area contributed by atoms with E-state index in [0.29, 0.717) is 12.6 Å². The Morgan fingerprint density at radius 1 is 1.04 bits per heavy atom. The molecule has 1 fully saturated rings. The van der Waals surface area contributed by atoms with E-state index in [1.807, 2.05) is 24.3 Å². The molecule has 2 N–H and O–H groups in total. The van der Waals surface area contributed by atoms with E-state index in [1.54, 1.807) is 0 Å². The molecule has 0 spiro atoms. The maximum Gasteiger partial charge on any atom is 0.120 e. The second-order valence-corrected chi connectivity index (χ2v) is 6.74. The second-order valence-electron chi connectivity index (χ2n) is 6.74. The molecule has 128 valence electrons. The predicted octanol–water partition coefficient (Wildman–Crippen LogP) is 4.22. The molecule has 1 aliphatic carbocycles. The van der Waals surface area contributed by atoms with Crippen molar-refractivity contribution in [3.8, 4) is 5.75 Å². The summed E-state index contributed by atoms with van der Waals surface area (Å²) in [6, 6.07) is 19.3. The van der Waals surface area contributed by atoms with Gasteiger partial charge in [-0.15, -0.1) is 0 Å². The molecule has 1 unspecified atom stereocenters. The van der Waals surface area contributed by atoms with Crippen LogP contribution in [0.5, 0.6) is 5.75 Å². The number of hydrogen-bond acceptors (Lipinski definition) is 3. The van der Waals surface area contributed by atoms with Crippen LogP contribution < -0.4 is 10.1 Å². The first-order valence-electron chi connectivity index (χ1n) is 8.91. The van der Waals surface area contributed by atoms with Crippen LogP contribution in [-0.2, 0) is 6.61 Å². The summed E-state index contributed by atoms with van der Waals surface area (Å²) >= 11 is 0. The molecule has 1 atom stereocenters. The number of ether oxygens (including phenoxy) is 1. The van der Waals surface area contributed by atoms with Crippen molar-refractivity contribution >= 4 is 0 Å². The van der Waals surface area contributed by atoms with Crippen LogP contribution in [0.15, 0.2) is 54.6 Å². The van der Waals surface area contributed by atoms with Crippen LogP contribution in [0.1, 0.15) is 49.8 Å². The number of rotatable bonds is 6. The molecule has 3 nitrogen and oxygen atoms in total. The van der Waals surface area contributed by atoms with E-state index in [2.05, 4.69) is 42.6 Å². The summed E-state index contributed by atoms with van der Waals surface area (Å²) in [5.74, 6) is 0.907. The average Bonchev–Trinajstić information content (AvgIpc) is 2.63. The van der Waals surface area contributed by atoms with Crippen molar-refractivity contribution in [2.75, 3.05) is 0 Å². The molecule has 1 saturated carbocycles. The SMILES string of the molecule is CC(NC1CCC(O)CC1)c1cccc(OCc2ccccc2)c1. The first-order chi connectivity index (χ1) is 11.7. The van der Waals surface area contributed by atoms with Crippen LogP contribution in [0.25, 0.3) is 0 Å². The van der Waals surface area contributed by atoms with Gasteiger partial charge in [0.2, 0.25) is 0 Å². The predicted molar refractivity (Wildman–Crippen MR) is 97.0 cm³/mol. The van der Waals surface area contributed by atoms with E-state index < -0.39 is 0 Å². The highest BCUT2D eigenvalue weighted by Gasteiger charge is 2.21. The summed E-state index contributed by atoms with van der Waals surface area (Å²) < 4.78 is 5.93. The van der Waals surface area contributed by atoms with Crippen molar-refractivity contribution in [2.45, 2.75) is 57.4 Å². The summed E-state index contributed by atoms with van der Waals surface area (Å²) in [5.41, 5.74) is 2.42. The van der Waals surface area contributed by atoms with Gasteiger partial charge in [-0.3, -0.25) is 0 Å². The highest BCUT2D eigenvalue weighted by atomic mass is 16.5. The fraction of sp³-hybridized carbons (Fsp3) is 0.429. The fourth-order valence-corrected chi connectivity index (χ4v) is 3.31. The molecule has 0 amide bonds. The third-order valence-corrected chi connectivity index (χ3v) is 4.79. The minimum atomic E-state index is -0.104. The summed E-state index contributed by atoms with van der Waals surface area (Å²) in [6.07, 6.45) is 3.81. The molecule has 0 radical (unpaired) electrons. The molecule has 24 heavy (non-hydrogen) atoms. The molecule has 0 aliphatic heterocycles. The monoisotopic (exact) mass is 325 g/mol. The van der Waals surface area contributed by atoms with Crippen molar-refractivity contribution < 1.29 is 9.84 Å². The number of aliphatic hydroxyl groups is 1. The van der Waals surface area contributed by atoms with Crippen molar-refractivity contribution in [1.82, 2.24) is 5.32 Å². The Morgan fingerprint density at radius 3 is 2.54 bits per heavy atom. The Balaban J connectivity index is 1.56. The smallest absolute Gasteiger partial charge is 0.120 e. The third kappa shape index (κ3) is 4.83. The zero-order valence-electron chi connectivity index (χ0n) is 14.3. The minimum absolute atomic E-state index is 0.104. The zero-order chi connectivity index (χ0) is 16.8. The lowest BCUT2D eigenvalue weighted by Gasteiger charge is -2.29. The highest BCUT2D eigenvalue weighted by Crippen LogP contribution is 2.24. The van der Waals surface area contributed by atoms with Gasteiger partial charge in [0.25, 0.3) is 0 Å². The topological polar surface area (TPSA) is 41.5 Å².